The zero-order valence-corrected chi connectivity index (χ0v) is 15.3. The van der Waals surface area contributed by atoms with E-state index in [1.165, 1.54) is 55.6 Å². The Labute approximate surface area is 151 Å². The molecule has 0 spiro atoms. The van der Waals surface area contributed by atoms with Gasteiger partial charge in [0.25, 0.3) is 15.9 Å². The highest BCUT2D eigenvalue weighted by molar-refractivity contribution is 7.92. The molecule has 2 rings (SSSR count). The van der Waals surface area contributed by atoms with Crippen LogP contribution in [0.25, 0.3) is 0 Å². The highest BCUT2D eigenvalue weighted by Gasteiger charge is 2.15. The molecule has 4 N–H and O–H groups in total. The Hall–Kier alpha value is -2.63. The summed E-state index contributed by atoms with van der Waals surface area (Å²) in [6, 6.07) is 10.5. The molecule has 0 bridgehead atoms. The lowest BCUT2D eigenvalue weighted by molar-refractivity contribution is -0.122. The lowest BCUT2D eigenvalue weighted by Crippen LogP contribution is -2.24. The fourth-order valence-corrected chi connectivity index (χ4v) is 3.44. The van der Waals surface area contributed by atoms with Crippen molar-refractivity contribution < 1.29 is 26.4 Å². The van der Waals surface area contributed by atoms with Crippen molar-refractivity contribution in [2.75, 3.05) is 18.4 Å². The molecule has 0 aliphatic carbocycles. The Morgan fingerprint density at radius 1 is 0.962 bits per heavy atom. The minimum atomic E-state index is -3.88. The third kappa shape index (κ3) is 5.18. The zero-order chi connectivity index (χ0) is 19.4. The Morgan fingerprint density at radius 2 is 1.50 bits per heavy atom. The summed E-state index contributed by atoms with van der Waals surface area (Å²) in [5.74, 6) is 0.0244. The largest absolute Gasteiger partial charge is 0.484 e. The normalized spacial score (nSPS) is 11.6. The predicted molar refractivity (Wildman–Crippen MR) is 94.6 cm³/mol. The van der Waals surface area contributed by atoms with Crippen LogP contribution in [0.1, 0.15) is 0 Å². The number of hydrogen-bond acceptors (Lipinski definition) is 6. The summed E-state index contributed by atoms with van der Waals surface area (Å²) in [6.07, 6.45) is 0. The standard InChI is InChI=1S/C15H17N3O6S2/c1-17-15(19)10-24-12-4-8-14(9-5-12)26(22,23)18-11-2-6-13(7-3-11)25(16,20)21/h2-9,18H,10H2,1H3,(H,17,19)(H2,16,20,21). The number of amides is 1. The van der Waals surface area contributed by atoms with Gasteiger partial charge in [-0.05, 0) is 48.5 Å². The van der Waals surface area contributed by atoms with Crippen molar-refractivity contribution in [3.05, 3.63) is 48.5 Å². The molecule has 26 heavy (non-hydrogen) atoms. The molecule has 0 fully saturated rings. The third-order valence-electron chi connectivity index (χ3n) is 3.22. The summed E-state index contributed by atoms with van der Waals surface area (Å²) in [4.78, 5) is 11.0. The molecule has 0 atom stereocenters. The molecular weight excluding hydrogens is 382 g/mol. The second kappa shape index (κ2) is 7.72. The summed E-state index contributed by atoms with van der Waals surface area (Å²) in [6.45, 7) is -0.183. The molecule has 1 amide bonds. The third-order valence-corrected chi connectivity index (χ3v) is 5.54. The Bertz CT molecular complexity index is 985. The Kier molecular flexibility index (Phi) is 5.85. The number of ether oxygens (including phenoxy) is 1. The maximum atomic E-state index is 12.3. The first-order valence-electron chi connectivity index (χ1n) is 7.21. The Morgan fingerprint density at radius 3 is 2.00 bits per heavy atom. The van der Waals surface area contributed by atoms with Gasteiger partial charge in [0.1, 0.15) is 5.75 Å². The van der Waals surface area contributed by atoms with Gasteiger partial charge in [0, 0.05) is 12.7 Å². The van der Waals surface area contributed by atoms with Crippen LogP contribution in [0.3, 0.4) is 0 Å². The van der Waals surface area contributed by atoms with Gasteiger partial charge < -0.3 is 10.1 Å². The van der Waals surface area contributed by atoms with Crippen LogP contribution >= 0.6 is 0 Å². The molecule has 11 heteroatoms. The van der Waals surface area contributed by atoms with Crippen LogP contribution in [-0.2, 0) is 24.8 Å². The number of nitrogens with two attached hydrogens (primary N) is 1. The van der Waals surface area contributed by atoms with Crippen LogP contribution in [0.2, 0.25) is 0 Å². The van der Waals surface area contributed by atoms with Crippen molar-refractivity contribution in [2.24, 2.45) is 5.14 Å². The topological polar surface area (TPSA) is 145 Å². The zero-order valence-electron chi connectivity index (χ0n) is 13.7. The molecule has 0 aliphatic heterocycles. The van der Waals surface area contributed by atoms with Crippen LogP contribution in [0.4, 0.5) is 5.69 Å². The van der Waals surface area contributed by atoms with E-state index in [1.54, 1.807) is 0 Å². The quantitative estimate of drug-likeness (QED) is 0.609. The highest BCUT2D eigenvalue weighted by atomic mass is 32.2. The number of nitrogens with one attached hydrogen (secondary N) is 2. The van der Waals surface area contributed by atoms with E-state index < -0.39 is 20.0 Å². The second-order valence-electron chi connectivity index (χ2n) is 5.11. The average Bonchev–Trinajstić information content (AvgIpc) is 2.59. The van der Waals surface area contributed by atoms with E-state index >= 15 is 0 Å². The molecule has 140 valence electrons. The molecule has 2 aromatic carbocycles. The Balaban J connectivity index is 2.11. The highest BCUT2D eigenvalue weighted by Crippen LogP contribution is 2.20. The van der Waals surface area contributed by atoms with Gasteiger partial charge in [0.05, 0.1) is 9.79 Å². The van der Waals surface area contributed by atoms with Crippen molar-refractivity contribution >= 4 is 31.6 Å². The van der Waals surface area contributed by atoms with E-state index in [1.807, 2.05) is 0 Å². The average molecular weight is 399 g/mol. The molecule has 0 heterocycles. The maximum Gasteiger partial charge on any atom is 0.261 e. The van der Waals surface area contributed by atoms with E-state index in [0.717, 1.165) is 0 Å². The van der Waals surface area contributed by atoms with Gasteiger partial charge in [-0.15, -0.1) is 0 Å². The summed E-state index contributed by atoms with van der Waals surface area (Å²) in [5, 5.41) is 7.38. The van der Waals surface area contributed by atoms with Gasteiger partial charge >= 0.3 is 0 Å². The maximum absolute atomic E-state index is 12.3. The van der Waals surface area contributed by atoms with E-state index in [2.05, 4.69) is 10.0 Å². The minimum Gasteiger partial charge on any atom is -0.484 e. The van der Waals surface area contributed by atoms with E-state index in [9.17, 15) is 21.6 Å². The van der Waals surface area contributed by atoms with Gasteiger partial charge in [0.15, 0.2) is 6.61 Å². The molecular formula is C15H17N3O6S2. The van der Waals surface area contributed by atoms with E-state index in [0.29, 0.717) is 5.75 Å². The van der Waals surface area contributed by atoms with Gasteiger partial charge in [-0.2, -0.15) is 0 Å². The molecule has 2 aromatic rings. The smallest absolute Gasteiger partial charge is 0.261 e. The van der Waals surface area contributed by atoms with Crippen molar-refractivity contribution in [2.45, 2.75) is 9.79 Å². The number of sulfonamides is 2. The SMILES string of the molecule is CNC(=O)COc1ccc(S(=O)(=O)Nc2ccc(S(N)(=O)=O)cc2)cc1. The fraction of sp³-hybridized carbons (Fsp3) is 0.133. The molecule has 0 aliphatic rings. The van der Waals surface area contributed by atoms with E-state index in [-0.39, 0.29) is 28.0 Å². The number of primary sulfonamides is 1. The number of benzene rings is 2. The van der Waals surface area contributed by atoms with Crippen molar-refractivity contribution in [1.82, 2.24) is 5.32 Å². The van der Waals surface area contributed by atoms with Crippen molar-refractivity contribution in [3.63, 3.8) is 0 Å². The van der Waals surface area contributed by atoms with Gasteiger partial charge in [-0.1, -0.05) is 0 Å². The number of carbonyl (C=O) groups is 1. The van der Waals surface area contributed by atoms with Crippen molar-refractivity contribution in [1.29, 1.82) is 0 Å². The van der Waals surface area contributed by atoms with Crippen LogP contribution in [-0.4, -0.2) is 36.4 Å². The van der Waals surface area contributed by atoms with Gasteiger partial charge in [-0.25, -0.2) is 22.0 Å². The minimum absolute atomic E-state index is 0.0275. The first kappa shape index (κ1) is 19.7. The molecule has 0 radical (unpaired) electrons. The number of carbonyl (C=O) groups excluding carboxylic acids is 1. The first-order chi connectivity index (χ1) is 12.1. The first-order valence-corrected chi connectivity index (χ1v) is 10.2. The molecule has 0 saturated carbocycles. The number of likely N-dealkylation sites (N-methyl/N-ethyl adjacent to an activating group) is 1. The van der Waals surface area contributed by atoms with Gasteiger partial charge in [-0.3, -0.25) is 9.52 Å². The summed E-state index contributed by atoms with van der Waals surface area (Å²) >= 11 is 0. The van der Waals surface area contributed by atoms with Gasteiger partial charge in [0.2, 0.25) is 10.0 Å². The van der Waals surface area contributed by atoms with Crippen LogP contribution in [0, 0.1) is 0 Å². The van der Waals surface area contributed by atoms with Crippen LogP contribution < -0.4 is 19.9 Å². The van der Waals surface area contributed by atoms with E-state index in [4.69, 9.17) is 9.88 Å². The lowest BCUT2D eigenvalue weighted by atomic mass is 10.3. The molecule has 0 saturated heterocycles. The monoisotopic (exact) mass is 399 g/mol. The summed E-state index contributed by atoms with van der Waals surface area (Å²) in [5.41, 5.74) is 0.178. The number of anilines is 1. The number of hydrogen-bond donors (Lipinski definition) is 3. The molecule has 0 aromatic heterocycles. The van der Waals surface area contributed by atoms with Crippen molar-refractivity contribution in [3.8, 4) is 5.75 Å². The summed E-state index contributed by atoms with van der Waals surface area (Å²) < 4.78 is 54.6. The van der Waals surface area contributed by atoms with Crippen LogP contribution in [0.15, 0.2) is 58.3 Å². The lowest BCUT2D eigenvalue weighted by Gasteiger charge is -2.10. The van der Waals surface area contributed by atoms with Crippen LogP contribution in [0.5, 0.6) is 5.75 Å². The molecule has 0 unspecified atom stereocenters. The predicted octanol–water partition coefficient (Wildman–Crippen LogP) is 0.260. The summed E-state index contributed by atoms with van der Waals surface area (Å²) in [7, 11) is -6.26. The second-order valence-corrected chi connectivity index (χ2v) is 8.35. The fourth-order valence-electron chi connectivity index (χ4n) is 1.86. The molecule has 9 nitrogen and oxygen atoms in total. The number of rotatable bonds is 7.